The van der Waals surface area contributed by atoms with Crippen LogP contribution in [0.2, 0.25) is 10.0 Å². The lowest BCUT2D eigenvalue weighted by molar-refractivity contribution is -0.131. The van der Waals surface area contributed by atoms with Crippen LogP contribution in [0.4, 0.5) is 5.82 Å². The molecular formula is C13H8Cl2N2O3S. The number of nitrogens with one attached hydrogen (secondary N) is 1. The van der Waals surface area contributed by atoms with E-state index in [0.717, 1.165) is 17.7 Å². The molecule has 108 valence electrons. The number of halogens is 2. The Bertz CT molecular complexity index is 728. The van der Waals surface area contributed by atoms with Crippen molar-refractivity contribution in [3.63, 3.8) is 0 Å². The number of amides is 1. The Morgan fingerprint density at radius 1 is 1.24 bits per heavy atom. The summed E-state index contributed by atoms with van der Waals surface area (Å²) in [7, 11) is 0. The average Bonchev–Trinajstić information content (AvgIpc) is 2.88. The number of carbonyl (C=O) groups excluding carboxylic acids is 1. The van der Waals surface area contributed by atoms with Crippen LogP contribution in [-0.4, -0.2) is 22.0 Å². The fraction of sp³-hybridized carbons (Fsp3) is 0. The molecule has 0 aliphatic carbocycles. The first-order valence-electron chi connectivity index (χ1n) is 5.58. The summed E-state index contributed by atoms with van der Waals surface area (Å²) < 4.78 is 0. The predicted molar refractivity (Wildman–Crippen MR) is 83.0 cm³/mol. The normalized spacial score (nSPS) is 10.8. The summed E-state index contributed by atoms with van der Waals surface area (Å²) in [6, 6.07) is 5.11. The molecule has 1 amide bonds. The lowest BCUT2D eigenvalue weighted by Gasteiger charge is -1.99. The quantitative estimate of drug-likeness (QED) is 0.830. The van der Waals surface area contributed by atoms with Gasteiger partial charge in [-0.05, 0) is 12.1 Å². The third kappa shape index (κ3) is 4.29. The average molecular weight is 343 g/mol. The van der Waals surface area contributed by atoms with E-state index < -0.39 is 11.9 Å². The highest BCUT2D eigenvalue weighted by molar-refractivity contribution is 7.13. The van der Waals surface area contributed by atoms with Gasteiger partial charge < -0.3 is 10.4 Å². The molecule has 0 spiro atoms. The minimum Gasteiger partial charge on any atom is -0.478 e. The van der Waals surface area contributed by atoms with Gasteiger partial charge in [-0.25, -0.2) is 9.78 Å². The van der Waals surface area contributed by atoms with E-state index in [2.05, 4.69) is 10.3 Å². The highest BCUT2D eigenvalue weighted by Crippen LogP contribution is 2.31. The summed E-state index contributed by atoms with van der Waals surface area (Å²) in [5, 5.41) is 14.1. The Kier molecular flexibility index (Phi) is 4.95. The largest absolute Gasteiger partial charge is 0.478 e. The minimum atomic E-state index is -1.19. The zero-order valence-corrected chi connectivity index (χ0v) is 12.7. The Balaban J connectivity index is 2.12. The van der Waals surface area contributed by atoms with E-state index in [9.17, 15) is 9.59 Å². The number of carboxylic acid groups (broad SMARTS) is 1. The summed E-state index contributed by atoms with van der Waals surface area (Å²) in [6.45, 7) is 0. The zero-order valence-electron chi connectivity index (χ0n) is 10.3. The Hall–Kier alpha value is -1.89. The summed E-state index contributed by atoms with van der Waals surface area (Å²) in [5.74, 6) is -1.43. The first-order valence-corrected chi connectivity index (χ1v) is 7.22. The molecule has 0 unspecified atom stereocenters. The number of aromatic nitrogens is 1. The van der Waals surface area contributed by atoms with Gasteiger partial charge in [0.25, 0.3) is 0 Å². The number of nitrogens with zero attached hydrogens (tertiary/aromatic N) is 1. The highest BCUT2D eigenvalue weighted by atomic mass is 35.5. The maximum Gasteiger partial charge on any atom is 0.328 e. The first-order chi connectivity index (χ1) is 9.95. The summed E-state index contributed by atoms with van der Waals surface area (Å²) in [4.78, 5) is 25.9. The number of carboxylic acids is 1. The van der Waals surface area contributed by atoms with E-state index in [-0.39, 0.29) is 0 Å². The van der Waals surface area contributed by atoms with Crippen molar-refractivity contribution in [2.24, 2.45) is 0 Å². The van der Waals surface area contributed by atoms with Crippen LogP contribution in [0.5, 0.6) is 0 Å². The van der Waals surface area contributed by atoms with Gasteiger partial charge in [-0.2, -0.15) is 0 Å². The Morgan fingerprint density at radius 2 is 2.00 bits per heavy atom. The molecule has 0 saturated carbocycles. The lowest BCUT2D eigenvalue weighted by atomic mass is 10.2. The van der Waals surface area contributed by atoms with Crippen molar-refractivity contribution in [3.8, 4) is 10.6 Å². The van der Waals surface area contributed by atoms with Crippen LogP contribution in [0.25, 0.3) is 10.6 Å². The van der Waals surface area contributed by atoms with Crippen LogP contribution in [-0.2, 0) is 9.59 Å². The van der Waals surface area contributed by atoms with E-state index >= 15 is 0 Å². The van der Waals surface area contributed by atoms with Crippen molar-refractivity contribution in [2.45, 2.75) is 0 Å². The molecule has 0 aliphatic rings. The molecule has 0 atom stereocenters. The van der Waals surface area contributed by atoms with Crippen LogP contribution in [0, 0.1) is 0 Å². The molecule has 0 fully saturated rings. The lowest BCUT2D eigenvalue weighted by Crippen LogP contribution is -2.08. The third-order valence-electron chi connectivity index (χ3n) is 2.30. The van der Waals surface area contributed by atoms with Crippen LogP contribution in [0.15, 0.2) is 35.7 Å². The fourth-order valence-corrected chi connectivity index (χ4v) is 2.45. The molecule has 2 N–H and O–H groups in total. The van der Waals surface area contributed by atoms with Gasteiger partial charge >= 0.3 is 5.97 Å². The number of aliphatic carboxylic acids is 1. The summed E-state index contributed by atoms with van der Waals surface area (Å²) >= 11 is 13.1. The highest BCUT2D eigenvalue weighted by Gasteiger charge is 2.08. The topological polar surface area (TPSA) is 79.3 Å². The van der Waals surface area contributed by atoms with E-state index in [1.54, 1.807) is 23.6 Å². The summed E-state index contributed by atoms with van der Waals surface area (Å²) in [6.07, 6.45) is 1.67. The van der Waals surface area contributed by atoms with Crippen molar-refractivity contribution < 1.29 is 14.7 Å². The second-order valence-corrected chi connectivity index (χ2v) is 5.50. The first kappa shape index (κ1) is 15.5. The van der Waals surface area contributed by atoms with E-state index in [0.29, 0.717) is 20.9 Å². The SMILES string of the molecule is O=C(O)/C=C/C(=O)Nc1csc(-c2ccc(Cl)c(Cl)c2)n1. The number of hydrogen-bond acceptors (Lipinski definition) is 4. The van der Waals surface area contributed by atoms with Gasteiger partial charge in [0.2, 0.25) is 5.91 Å². The Labute approximate surface area is 133 Å². The zero-order chi connectivity index (χ0) is 15.4. The van der Waals surface area contributed by atoms with E-state index in [1.165, 1.54) is 11.3 Å². The second-order valence-electron chi connectivity index (χ2n) is 3.83. The van der Waals surface area contributed by atoms with Crippen molar-refractivity contribution in [1.29, 1.82) is 0 Å². The Morgan fingerprint density at radius 3 is 2.67 bits per heavy atom. The van der Waals surface area contributed by atoms with Gasteiger partial charge in [0.1, 0.15) is 10.8 Å². The number of benzene rings is 1. The molecule has 0 radical (unpaired) electrons. The molecule has 5 nitrogen and oxygen atoms in total. The van der Waals surface area contributed by atoms with Crippen LogP contribution in [0.3, 0.4) is 0 Å². The summed E-state index contributed by atoms with van der Waals surface area (Å²) in [5.41, 5.74) is 0.774. The van der Waals surface area contributed by atoms with Crippen LogP contribution < -0.4 is 5.32 Å². The minimum absolute atomic E-state index is 0.334. The molecular weight excluding hydrogens is 335 g/mol. The number of rotatable bonds is 4. The van der Waals surface area contributed by atoms with E-state index in [4.69, 9.17) is 28.3 Å². The molecule has 1 aromatic carbocycles. The molecule has 0 bridgehead atoms. The van der Waals surface area contributed by atoms with Gasteiger partial charge in [0.05, 0.1) is 10.0 Å². The number of thiazole rings is 1. The van der Waals surface area contributed by atoms with Crippen LogP contribution >= 0.6 is 34.5 Å². The van der Waals surface area contributed by atoms with Gasteiger partial charge in [-0.1, -0.05) is 29.3 Å². The molecule has 8 heteroatoms. The smallest absolute Gasteiger partial charge is 0.328 e. The van der Waals surface area contributed by atoms with Gasteiger partial charge in [-0.15, -0.1) is 11.3 Å². The standard InChI is InChI=1S/C13H8Cl2N2O3S/c14-8-2-1-7(5-9(8)15)13-17-10(6-21-13)16-11(18)3-4-12(19)20/h1-6H,(H,16,18)(H,19,20)/b4-3+. The van der Waals surface area contributed by atoms with Gasteiger partial charge in [0, 0.05) is 23.1 Å². The maximum atomic E-state index is 11.4. The van der Waals surface area contributed by atoms with Gasteiger partial charge in [0.15, 0.2) is 0 Å². The molecule has 1 aromatic heterocycles. The monoisotopic (exact) mass is 342 g/mol. The van der Waals surface area contributed by atoms with Crippen molar-refractivity contribution in [1.82, 2.24) is 4.98 Å². The maximum absolute atomic E-state index is 11.4. The molecule has 21 heavy (non-hydrogen) atoms. The number of hydrogen-bond donors (Lipinski definition) is 2. The molecule has 0 saturated heterocycles. The predicted octanol–water partition coefficient (Wildman–Crippen LogP) is 3.70. The molecule has 2 aromatic rings. The van der Waals surface area contributed by atoms with Crippen molar-refractivity contribution in [2.75, 3.05) is 5.32 Å². The van der Waals surface area contributed by atoms with Crippen LogP contribution in [0.1, 0.15) is 0 Å². The van der Waals surface area contributed by atoms with Crippen molar-refractivity contribution >= 4 is 52.2 Å². The molecule has 0 aliphatic heterocycles. The molecule has 2 rings (SSSR count). The fourth-order valence-electron chi connectivity index (χ4n) is 1.41. The second kappa shape index (κ2) is 6.71. The third-order valence-corrected chi connectivity index (χ3v) is 3.93. The number of anilines is 1. The van der Waals surface area contributed by atoms with Gasteiger partial charge in [-0.3, -0.25) is 4.79 Å². The number of carbonyl (C=O) groups is 2. The van der Waals surface area contributed by atoms with E-state index in [1.807, 2.05) is 0 Å². The molecule has 1 heterocycles. The van der Waals surface area contributed by atoms with Crippen molar-refractivity contribution in [3.05, 3.63) is 45.8 Å².